The molecule has 3 N–H and O–H groups in total. The third-order valence-electron chi connectivity index (χ3n) is 4.36. The molecule has 0 saturated heterocycles. The van der Waals surface area contributed by atoms with Crippen molar-refractivity contribution in [3.63, 3.8) is 0 Å². The molecule has 0 radical (unpaired) electrons. The van der Waals surface area contributed by atoms with Crippen LogP contribution in [-0.2, 0) is 11.3 Å². The number of hydrogen-bond acceptors (Lipinski definition) is 7. The minimum absolute atomic E-state index is 0.0187. The number of aromatic nitrogens is 4. The molecule has 0 atom stereocenters. The van der Waals surface area contributed by atoms with Gasteiger partial charge in [-0.1, -0.05) is 0 Å². The number of fused-ring (bicyclic) bond motifs is 1. The summed E-state index contributed by atoms with van der Waals surface area (Å²) in [5.41, 5.74) is 6.80. The summed E-state index contributed by atoms with van der Waals surface area (Å²) in [6.45, 7) is -0.00459. The SMILES string of the molecule is Nc1ncnc2c1C(=O)N(c1ccc(-c3cnn(CC(=O)O)c3)c(F)c1)CCO2. The maximum Gasteiger partial charge on any atom is 0.325 e. The molecule has 2 aromatic heterocycles. The Labute approximate surface area is 163 Å². The van der Waals surface area contributed by atoms with E-state index in [1.807, 2.05) is 0 Å². The zero-order valence-electron chi connectivity index (χ0n) is 14.9. The minimum Gasteiger partial charge on any atom is -0.480 e. The van der Waals surface area contributed by atoms with Gasteiger partial charge >= 0.3 is 5.97 Å². The van der Waals surface area contributed by atoms with Gasteiger partial charge in [-0.2, -0.15) is 5.10 Å². The fraction of sp³-hybridized carbons (Fsp3) is 0.167. The molecule has 3 heterocycles. The third-order valence-corrected chi connectivity index (χ3v) is 4.36. The number of ether oxygens (including phenoxy) is 1. The molecule has 0 bridgehead atoms. The van der Waals surface area contributed by atoms with E-state index in [1.165, 1.54) is 40.4 Å². The number of carbonyl (C=O) groups excluding carboxylic acids is 1. The zero-order chi connectivity index (χ0) is 20.5. The number of halogens is 1. The topological polar surface area (TPSA) is 136 Å². The highest BCUT2D eigenvalue weighted by molar-refractivity contribution is 6.10. The number of hydrogen-bond donors (Lipinski definition) is 2. The standard InChI is InChI=1S/C18H15FN6O4/c19-13-5-11(1-2-12(13)10-6-23-24(7-10)8-14(26)27)25-3-4-29-17-15(18(25)28)16(20)21-9-22-17/h1-2,5-7,9H,3-4,8H2,(H,26,27)(H2,20,21,22). The van der Waals surface area contributed by atoms with E-state index in [4.69, 9.17) is 15.6 Å². The minimum atomic E-state index is -1.05. The normalized spacial score (nSPS) is 13.6. The van der Waals surface area contributed by atoms with Crippen molar-refractivity contribution in [1.82, 2.24) is 19.7 Å². The van der Waals surface area contributed by atoms with E-state index < -0.39 is 17.7 Å². The van der Waals surface area contributed by atoms with E-state index in [0.29, 0.717) is 11.3 Å². The van der Waals surface area contributed by atoms with E-state index in [0.717, 1.165) is 0 Å². The van der Waals surface area contributed by atoms with Gasteiger partial charge in [-0.3, -0.25) is 14.3 Å². The zero-order valence-corrected chi connectivity index (χ0v) is 14.9. The number of nitrogens with zero attached hydrogens (tertiary/aromatic N) is 5. The summed E-state index contributed by atoms with van der Waals surface area (Å²) in [6, 6.07) is 4.29. The van der Waals surface area contributed by atoms with E-state index in [2.05, 4.69) is 15.1 Å². The van der Waals surface area contributed by atoms with Crippen molar-refractivity contribution in [3.05, 3.63) is 48.3 Å². The number of benzene rings is 1. The molecule has 0 spiro atoms. The number of anilines is 2. The molecule has 0 unspecified atom stereocenters. The summed E-state index contributed by atoms with van der Waals surface area (Å²) in [5, 5.41) is 12.7. The smallest absolute Gasteiger partial charge is 0.325 e. The Hall–Kier alpha value is -4.02. The van der Waals surface area contributed by atoms with Gasteiger partial charge in [0, 0.05) is 23.0 Å². The molecular weight excluding hydrogens is 383 g/mol. The summed E-state index contributed by atoms with van der Waals surface area (Å²) in [6.07, 6.45) is 4.02. The van der Waals surface area contributed by atoms with Crippen LogP contribution < -0.4 is 15.4 Å². The fourth-order valence-corrected chi connectivity index (χ4v) is 3.04. The first-order valence-corrected chi connectivity index (χ1v) is 8.53. The van der Waals surface area contributed by atoms with Crippen molar-refractivity contribution in [2.24, 2.45) is 0 Å². The molecule has 4 rings (SSSR count). The lowest BCUT2D eigenvalue weighted by Gasteiger charge is -2.20. The Morgan fingerprint density at radius 1 is 1.34 bits per heavy atom. The molecule has 1 aliphatic heterocycles. The van der Waals surface area contributed by atoms with Crippen molar-refractivity contribution in [3.8, 4) is 17.0 Å². The van der Waals surface area contributed by atoms with Crippen LogP contribution in [0.4, 0.5) is 15.9 Å². The van der Waals surface area contributed by atoms with E-state index in [9.17, 15) is 14.0 Å². The van der Waals surface area contributed by atoms with Crippen LogP contribution in [0.3, 0.4) is 0 Å². The monoisotopic (exact) mass is 398 g/mol. The molecular formula is C18H15FN6O4. The number of carboxylic acid groups (broad SMARTS) is 1. The van der Waals surface area contributed by atoms with E-state index in [-0.39, 0.29) is 42.5 Å². The summed E-state index contributed by atoms with van der Waals surface area (Å²) >= 11 is 0. The molecule has 0 fully saturated rings. The maximum absolute atomic E-state index is 14.8. The highest BCUT2D eigenvalue weighted by Gasteiger charge is 2.29. The first-order valence-electron chi connectivity index (χ1n) is 8.53. The van der Waals surface area contributed by atoms with Crippen LogP contribution in [0.25, 0.3) is 11.1 Å². The van der Waals surface area contributed by atoms with E-state index in [1.54, 1.807) is 6.07 Å². The van der Waals surface area contributed by atoms with Gasteiger partial charge in [-0.05, 0) is 18.2 Å². The third kappa shape index (κ3) is 3.45. The number of carboxylic acids is 1. The predicted octanol–water partition coefficient (Wildman–Crippen LogP) is 1.19. The Balaban J connectivity index is 1.66. The first kappa shape index (κ1) is 18.3. The van der Waals surface area contributed by atoms with Crippen molar-refractivity contribution in [2.45, 2.75) is 6.54 Å². The van der Waals surface area contributed by atoms with Crippen LogP contribution in [0.2, 0.25) is 0 Å². The van der Waals surface area contributed by atoms with E-state index >= 15 is 0 Å². The molecule has 1 aromatic carbocycles. The summed E-state index contributed by atoms with van der Waals surface area (Å²) in [7, 11) is 0. The van der Waals surface area contributed by atoms with Crippen LogP contribution in [0.15, 0.2) is 36.9 Å². The van der Waals surface area contributed by atoms with Gasteiger partial charge in [-0.25, -0.2) is 14.4 Å². The first-order chi connectivity index (χ1) is 13.9. The number of rotatable bonds is 4. The predicted molar refractivity (Wildman–Crippen MR) is 98.9 cm³/mol. The second kappa shape index (κ2) is 7.19. The summed E-state index contributed by atoms with van der Waals surface area (Å²) in [4.78, 5) is 32.8. The second-order valence-corrected chi connectivity index (χ2v) is 6.23. The van der Waals surface area contributed by atoms with Gasteiger partial charge in [-0.15, -0.1) is 0 Å². The molecule has 1 amide bonds. The van der Waals surface area contributed by atoms with Crippen molar-refractivity contribution in [1.29, 1.82) is 0 Å². The van der Waals surface area contributed by atoms with Gasteiger partial charge < -0.3 is 20.5 Å². The Kier molecular flexibility index (Phi) is 4.55. The highest BCUT2D eigenvalue weighted by Crippen LogP contribution is 2.30. The lowest BCUT2D eigenvalue weighted by molar-refractivity contribution is -0.137. The molecule has 29 heavy (non-hydrogen) atoms. The van der Waals surface area contributed by atoms with Crippen LogP contribution in [-0.4, -0.2) is 49.9 Å². The summed E-state index contributed by atoms with van der Waals surface area (Å²) < 4.78 is 21.5. The van der Waals surface area contributed by atoms with Gasteiger partial charge in [0.15, 0.2) is 0 Å². The van der Waals surface area contributed by atoms with Gasteiger partial charge in [0.2, 0.25) is 5.88 Å². The van der Waals surface area contributed by atoms with Crippen molar-refractivity contribution >= 4 is 23.4 Å². The van der Waals surface area contributed by atoms with Crippen LogP contribution >= 0.6 is 0 Å². The average molecular weight is 398 g/mol. The van der Waals surface area contributed by atoms with Gasteiger partial charge in [0.1, 0.15) is 36.7 Å². The lowest BCUT2D eigenvalue weighted by Crippen LogP contribution is -2.32. The second-order valence-electron chi connectivity index (χ2n) is 6.23. The number of aliphatic carboxylic acids is 1. The van der Waals surface area contributed by atoms with Gasteiger partial charge in [0.25, 0.3) is 5.91 Å². The lowest BCUT2D eigenvalue weighted by atomic mass is 10.1. The van der Waals surface area contributed by atoms with Crippen LogP contribution in [0.5, 0.6) is 5.88 Å². The average Bonchev–Trinajstić information content (AvgIpc) is 3.04. The molecule has 0 aliphatic carbocycles. The van der Waals surface area contributed by atoms with Crippen molar-refractivity contribution in [2.75, 3.05) is 23.8 Å². The molecule has 10 nitrogen and oxygen atoms in total. The number of carbonyl (C=O) groups is 2. The van der Waals surface area contributed by atoms with Crippen LogP contribution in [0, 0.1) is 5.82 Å². The largest absolute Gasteiger partial charge is 0.480 e. The molecule has 1 aliphatic rings. The molecule has 148 valence electrons. The molecule has 0 saturated carbocycles. The number of amides is 1. The summed E-state index contributed by atoms with van der Waals surface area (Å²) in [5.74, 6) is -2.06. The molecule has 11 heteroatoms. The number of nitrogens with two attached hydrogens (primary N) is 1. The quantitative estimate of drug-likeness (QED) is 0.669. The molecule has 3 aromatic rings. The maximum atomic E-state index is 14.8. The Morgan fingerprint density at radius 2 is 2.17 bits per heavy atom. The Bertz CT molecular complexity index is 1120. The van der Waals surface area contributed by atoms with Crippen molar-refractivity contribution < 1.29 is 23.8 Å². The van der Waals surface area contributed by atoms with Gasteiger partial charge in [0.05, 0.1) is 12.7 Å². The highest BCUT2D eigenvalue weighted by atomic mass is 19.1. The van der Waals surface area contributed by atoms with Crippen LogP contribution in [0.1, 0.15) is 10.4 Å². The fourth-order valence-electron chi connectivity index (χ4n) is 3.04. The number of nitrogen functional groups attached to an aromatic ring is 1. The Morgan fingerprint density at radius 3 is 2.93 bits per heavy atom.